The van der Waals surface area contributed by atoms with E-state index < -0.39 is 12.1 Å². The maximum absolute atomic E-state index is 12.5. The van der Waals surface area contributed by atoms with Crippen molar-refractivity contribution in [3.05, 3.63) is 24.3 Å². The van der Waals surface area contributed by atoms with Gasteiger partial charge in [0.2, 0.25) is 5.91 Å². The normalized spacial score (nSPS) is 12.7. The molecule has 0 aromatic carbocycles. The smallest absolute Gasteiger partial charge is 0.305 e. The number of unbranched alkanes of at least 4 members (excludes halogenated alkanes) is 44. The van der Waals surface area contributed by atoms with Gasteiger partial charge in [-0.25, -0.2) is 0 Å². The Balaban J connectivity index is 3.46. The highest BCUT2D eigenvalue weighted by Gasteiger charge is 2.20. The molecule has 414 valence electrons. The SMILES string of the molecule is CCCCCC/C=C\CCCCCCCC(=O)OCCCCCC/C=C\CCCCCCCCCC(=O)NC(CO)C(O)CCCCCCCCCCCCCCCCCCCCCCCCCCC. The molecule has 0 aromatic rings. The summed E-state index contributed by atoms with van der Waals surface area (Å²) < 4.78 is 5.45. The number of ether oxygens (including phenoxy) is 1. The highest BCUT2D eigenvalue weighted by molar-refractivity contribution is 5.76. The third kappa shape index (κ3) is 55.7. The van der Waals surface area contributed by atoms with E-state index in [1.54, 1.807) is 0 Å². The van der Waals surface area contributed by atoms with Crippen LogP contribution in [0.3, 0.4) is 0 Å². The van der Waals surface area contributed by atoms with Crippen molar-refractivity contribution >= 4 is 11.9 Å². The molecular formula is C64H123NO5. The number of carbonyl (C=O) groups excluding carboxylic acids is 2. The average Bonchev–Trinajstić information content (AvgIpc) is 3.36. The molecule has 0 rings (SSSR count). The second kappa shape index (κ2) is 59.9. The molecule has 0 radical (unpaired) electrons. The molecule has 0 aliphatic carbocycles. The van der Waals surface area contributed by atoms with Gasteiger partial charge >= 0.3 is 5.97 Å². The molecule has 6 heteroatoms. The average molecular weight is 987 g/mol. The summed E-state index contributed by atoms with van der Waals surface area (Å²) in [5.74, 6) is -0.0652. The number of rotatable bonds is 59. The van der Waals surface area contributed by atoms with Gasteiger partial charge < -0.3 is 20.3 Å². The molecule has 1 amide bonds. The van der Waals surface area contributed by atoms with Crippen LogP contribution in [0.1, 0.15) is 348 Å². The molecule has 2 atom stereocenters. The van der Waals surface area contributed by atoms with Gasteiger partial charge in [0.15, 0.2) is 0 Å². The summed E-state index contributed by atoms with van der Waals surface area (Å²) in [5, 5.41) is 23.4. The second-order valence-electron chi connectivity index (χ2n) is 21.7. The lowest BCUT2D eigenvalue weighted by molar-refractivity contribution is -0.143. The minimum atomic E-state index is -0.676. The number of esters is 1. The maximum Gasteiger partial charge on any atom is 0.305 e. The van der Waals surface area contributed by atoms with Crippen molar-refractivity contribution in [3.8, 4) is 0 Å². The summed E-state index contributed by atoms with van der Waals surface area (Å²) in [4.78, 5) is 24.6. The Hall–Kier alpha value is -1.66. The number of carbonyl (C=O) groups is 2. The first-order chi connectivity index (χ1) is 34.5. The molecule has 0 spiro atoms. The largest absolute Gasteiger partial charge is 0.466 e. The summed E-state index contributed by atoms with van der Waals surface area (Å²) in [7, 11) is 0. The monoisotopic (exact) mass is 986 g/mol. The lowest BCUT2D eigenvalue weighted by Gasteiger charge is -2.22. The van der Waals surface area contributed by atoms with Crippen LogP contribution in [0.15, 0.2) is 24.3 Å². The van der Waals surface area contributed by atoms with E-state index in [0.717, 1.165) is 70.6 Å². The van der Waals surface area contributed by atoms with E-state index in [-0.39, 0.29) is 18.5 Å². The van der Waals surface area contributed by atoms with Gasteiger partial charge in [-0.15, -0.1) is 0 Å². The quantitative estimate of drug-likeness (QED) is 0.0321. The number of nitrogens with one attached hydrogen (secondary N) is 1. The van der Waals surface area contributed by atoms with Crippen molar-refractivity contribution in [2.45, 2.75) is 360 Å². The van der Waals surface area contributed by atoms with Gasteiger partial charge in [-0.05, 0) is 77.0 Å². The van der Waals surface area contributed by atoms with Gasteiger partial charge in [-0.1, -0.05) is 282 Å². The zero-order valence-electron chi connectivity index (χ0n) is 47.3. The Morgan fingerprint density at radius 1 is 0.386 bits per heavy atom. The van der Waals surface area contributed by atoms with Gasteiger partial charge in [0.1, 0.15) is 0 Å². The van der Waals surface area contributed by atoms with Crippen molar-refractivity contribution in [2.24, 2.45) is 0 Å². The number of allylic oxidation sites excluding steroid dienone is 4. The van der Waals surface area contributed by atoms with Crippen LogP contribution in [0.25, 0.3) is 0 Å². The molecule has 0 aliphatic heterocycles. The molecule has 0 aliphatic rings. The first kappa shape index (κ1) is 68.3. The Morgan fingerprint density at radius 3 is 1.03 bits per heavy atom. The molecule has 0 heterocycles. The maximum atomic E-state index is 12.5. The van der Waals surface area contributed by atoms with Gasteiger partial charge in [-0.2, -0.15) is 0 Å². The van der Waals surface area contributed by atoms with Crippen molar-refractivity contribution in [1.82, 2.24) is 5.32 Å². The molecular weight excluding hydrogens is 863 g/mol. The predicted molar refractivity (Wildman–Crippen MR) is 306 cm³/mol. The van der Waals surface area contributed by atoms with Gasteiger partial charge in [0.05, 0.1) is 25.4 Å². The number of aliphatic hydroxyl groups is 2. The molecule has 6 nitrogen and oxygen atoms in total. The number of aliphatic hydroxyl groups excluding tert-OH is 2. The highest BCUT2D eigenvalue weighted by Crippen LogP contribution is 2.18. The third-order valence-corrected chi connectivity index (χ3v) is 14.7. The Labute approximate surface area is 437 Å². The molecule has 0 aromatic heterocycles. The lowest BCUT2D eigenvalue weighted by atomic mass is 10.0. The number of hydrogen-bond donors (Lipinski definition) is 3. The van der Waals surface area contributed by atoms with Crippen molar-refractivity contribution in [3.63, 3.8) is 0 Å². The Morgan fingerprint density at radius 2 is 0.671 bits per heavy atom. The minimum Gasteiger partial charge on any atom is -0.466 e. The van der Waals surface area contributed by atoms with Crippen LogP contribution in [0.4, 0.5) is 0 Å². The van der Waals surface area contributed by atoms with Crippen molar-refractivity contribution < 1.29 is 24.5 Å². The first-order valence-electron chi connectivity index (χ1n) is 31.6. The van der Waals surface area contributed by atoms with E-state index in [2.05, 4.69) is 43.5 Å². The number of hydrogen-bond acceptors (Lipinski definition) is 5. The summed E-state index contributed by atoms with van der Waals surface area (Å²) in [6, 6.07) is -0.554. The van der Waals surface area contributed by atoms with E-state index in [1.807, 2.05) is 0 Å². The van der Waals surface area contributed by atoms with Crippen LogP contribution in [0.2, 0.25) is 0 Å². The molecule has 2 unspecified atom stereocenters. The van der Waals surface area contributed by atoms with E-state index in [0.29, 0.717) is 25.9 Å². The van der Waals surface area contributed by atoms with Crippen LogP contribution in [-0.4, -0.2) is 47.4 Å². The van der Waals surface area contributed by atoms with Gasteiger partial charge in [0.25, 0.3) is 0 Å². The molecule has 0 saturated carbocycles. The molecule has 0 fully saturated rings. The fourth-order valence-electron chi connectivity index (χ4n) is 9.87. The minimum absolute atomic E-state index is 0.0184. The zero-order chi connectivity index (χ0) is 50.7. The molecule has 0 bridgehead atoms. The summed E-state index contributed by atoms with van der Waals surface area (Å²) in [6.07, 6.45) is 73.3. The first-order valence-corrected chi connectivity index (χ1v) is 31.6. The summed E-state index contributed by atoms with van der Waals surface area (Å²) >= 11 is 0. The van der Waals surface area contributed by atoms with E-state index >= 15 is 0 Å². The van der Waals surface area contributed by atoms with E-state index in [4.69, 9.17) is 4.74 Å². The van der Waals surface area contributed by atoms with Crippen LogP contribution in [-0.2, 0) is 14.3 Å². The number of amides is 1. The van der Waals surface area contributed by atoms with Crippen LogP contribution in [0.5, 0.6) is 0 Å². The standard InChI is InChI=1S/C64H123NO5/c1-3-5-7-9-11-13-15-17-18-19-20-21-22-23-24-25-26-27-29-33-36-40-44-48-52-56-62(67)61(60-66)65-63(68)57-53-49-45-41-37-34-30-28-31-35-39-43-47-51-55-59-70-64(69)58-54-50-46-42-38-32-16-14-12-10-8-6-4-2/h14,16,31,35,61-62,66-67H,3-13,15,17-30,32-34,36-60H2,1-2H3,(H,65,68)/b16-14-,35-31-. The molecule has 70 heavy (non-hydrogen) atoms. The topological polar surface area (TPSA) is 95.9 Å². The third-order valence-electron chi connectivity index (χ3n) is 14.7. The van der Waals surface area contributed by atoms with Crippen LogP contribution < -0.4 is 5.32 Å². The fraction of sp³-hybridized carbons (Fsp3) is 0.906. The second-order valence-corrected chi connectivity index (χ2v) is 21.7. The van der Waals surface area contributed by atoms with Crippen LogP contribution >= 0.6 is 0 Å². The van der Waals surface area contributed by atoms with Crippen molar-refractivity contribution in [1.29, 1.82) is 0 Å². The molecule has 0 saturated heterocycles. The van der Waals surface area contributed by atoms with Gasteiger partial charge in [0, 0.05) is 12.8 Å². The summed E-state index contributed by atoms with van der Waals surface area (Å²) in [5.41, 5.74) is 0. The Bertz CT molecular complexity index is 1090. The van der Waals surface area contributed by atoms with Crippen LogP contribution in [0, 0.1) is 0 Å². The van der Waals surface area contributed by atoms with Crippen molar-refractivity contribution in [2.75, 3.05) is 13.2 Å². The summed E-state index contributed by atoms with van der Waals surface area (Å²) in [6.45, 7) is 4.92. The fourth-order valence-corrected chi connectivity index (χ4v) is 9.87. The molecule has 3 N–H and O–H groups in total. The zero-order valence-corrected chi connectivity index (χ0v) is 47.3. The lowest BCUT2D eigenvalue weighted by Crippen LogP contribution is -2.45. The highest BCUT2D eigenvalue weighted by atomic mass is 16.5. The predicted octanol–water partition coefficient (Wildman–Crippen LogP) is 19.8. The van der Waals surface area contributed by atoms with E-state index in [9.17, 15) is 19.8 Å². The Kier molecular flexibility index (Phi) is 58.5. The van der Waals surface area contributed by atoms with Gasteiger partial charge in [-0.3, -0.25) is 9.59 Å². The van der Waals surface area contributed by atoms with E-state index in [1.165, 1.54) is 244 Å².